The first-order valence-corrected chi connectivity index (χ1v) is 11.8. The molecular weight excluding hydrogens is 495 g/mol. The zero-order valence-electron chi connectivity index (χ0n) is 15.5. The van der Waals surface area contributed by atoms with Crippen molar-refractivity contribution in [2.24, 2.45) is 0 Å². The van der Waals surface area contributed by atoms with Gasteiger partial charge in [0, 0.05) is 19.2 Å². The maximum absolute atomic E-state index is 13.9. The Bertz CT molecular complexity index is 1290. The van der Waals surface area contributed by atoms with E-state index in [2.05, 4.69) is 10.3 Å². The third kappa shape index (κ3) is 4.38. The number of morpholine rings is 1. The highest BCUT2D eigenvalue weighted by Gasteiger charge is 2.30. The van der Waals surface area contributed by atoms with Gasteiger partial charge in [0.1, 0.15) is 16.2 Å². The Morgan fingerprint density at radius 1 is 1.13 bits per heavy atom. The van der Waals surface area contributed by atoms with Crippen molar-refractivity contribution in [2.75, 3.05) is 31.6 Å². The number of anilines is 1. The number of benzene rings is 2. The van der Waals surface area contributed by atoms with Gasteiger partial charge in [-0.05, 0) is 18.2 Å². The lowest BCUT2D eigenvalue weighted by Gasteiger charge is -2.26. The molecule has 2 heterocycles. The van der Waals surface area contributed by atoms with Gasteiger partial charge >= 0.3 is 0 Å². The predicted molar refractivity (Wildman–Crippen MR) is 114 cm³/mol. The van der Waals surface area contributed by atoms with E-state index in [-0.39, 0.29) is 62.2 Å². The Labute approximate surface area is 189 Å². The molecule has 3 aromatic rings. The average molecular weight is 508 g/mol. The van der Waals surface area contributed by atoms with Gasteiger partial charge in [-0.3, -0.25) is 10.1 Å². The molecule has 0 spiro atoms. The van der Waals surface area contributed by atoms with Crippen molar-refractivity contribution >= 4 is 65.8 Å². The molecular formula is C18H13Cl2F2N3O4S2. The molecule has 0 atom stereocenters. The van der Waals surface area contributed by atoms with E-state index in [1.165, 1.54) is 10.4 Å². The number of nitrogens with zero attached hydrogens (tertiary/aromatic N) is 2. The van der Waals surface area contributed by atoms with Crippen LogP contribution in [0, 0.1) is 11.6 Å². The smallest absolute Gasteiger partial charge is 0.259 e. The highest BCUT2D eigenvalue weighted by Crippen LogP contribution is 2.33. The largest absolute Gasteiger partial charge is 0.379 e. The summed E-state index contributed by atoms with van der Waals surface area (Å²) in [7, 11) is -3.99. The van der Waals surface area contributed by atoms with Crippen molar-refractivity contribution in [3.05, 3.63) is 51.5 Å². The number of halogens is 4. The highest BCUT2D eigenvalue weighted by molar-refractivity contribution is 7.89. The predicted octanol–water partition coefficient (Wildman–Crippen LogP) is 4.15. The minimum atomic E-state index is -3.99. The summed E-state index contributed by atoms with van der Waals surface area (Å²) in [5.41, 5.74) is -0.261. The lowest BCUT2D eigenvalue weighted by Crippen LogP contribution is -2.40. The molecule has 0 unspecified atom stereocenters. The zero-order valence-corrected chi connectivity index (χ0v) is 18.6. The summed E-state index contributed by atoms with van der Waals surface area (Å²) in [6.07, 6.45) is 0. The van der Waals surface area contributed by atoms with Crippen molar-refractivity contribution in [2.45, 2.75) is 4.90 Å². The summed E-state index contributed by atoms with van der Waals surface area (Å²) in [4.78, 5) is 16.4. The number of amides is 1. The van der Waals surface area contributed by atoms with Crippen molar-refractivity contribution in [1.29, 1.82) is 0 Å². The van der Waals surface area contributed by atoms with E-state index >= 15 is 0 Å². The van der Waals surface area contributed by atoms with Gasteiger partial charge < -0.3 is 4.74 Å². The fourth-order valence-corrected chi connectivity index (χ4v) is 6.14. The molecule has 4 rings (SSSR count). The number of sulfonamides is 1. The number of aromatic nitrogens is 1. The van der Waals surface area contributed by atoms with Crippen molar-refractivity contribution in [3.63, 3.8) is 0 Å². The number of rotatable bonds is 4. The van der Waals surface area contributed by atoms with Crippen LogP contribution in [0.1, 0.15) is 10.4 Å². The van der Waals surface area contributed by atoms with Crippen LogP contribution in [-0.4, -0.2) is 49.9 Å². The fraction of sp³-hybridized carbons (Fsp3) is 0.222. The fourth-order valence-electron chi connectivity index (χ4n) is 3.00. The zero-order chi connectivity index (χ0) is 22.3. The first-order valence-electron chi connectivity index (χ1n) is 8.80. The van der Waals surface area contributed by atoms with Crippen LogP contribution in [-0.2, 0) is 14.8 Å². The van der Waals surface area contributed by atoms with Gasteiger partial charge in [-0.1, -0.05) is 34.5 Å². The van der Waals surface area contributed by atoms with Crippen molar-refractivity contribution in [1.82, 2.24) is 9.29 Å². The molecule has 13 heteroatoms. The van der Waals surface area contributed by atoms with Crippen LogP contribution in [0.15, 0.2) is 29.2 Å². The molecule has 0 aliphatic carbocycles. The monoisotopic (exact) mass is 507 g/mol. The Hall–Kier alpha value is -1.89. The highest BCUT2D eigenvalue weighted by atomic mass is 35.5. The van der Waals surface area contributed by atoms with Gasteiger partial charge in [-0.15, -0.1) is 0 Å². The van der Waals surface area contributed by atoms with E-state index in [9.17, 15) is 22.0 Å². The van der Waals surface area contributed by atoms with Crippen LogP contribution >= 0.6 is 34.5 Å². The van der Waals surface area contributed by atoms with E-state index in [1.54, 1.807) is 0 Å². The van der Waals surface area contributed by atoms with Crippen LogP contribution in [0.2, 0.25) is 10.0 Å². The molecule has 1 amide bonds. The Morgan fingerprint density at radius 2 is 1.84 bits per heavy atom. The number of thiazole rings is 1. The summed E-state index contributed by atoms with van der Waals surface area (Å²) in [5.74, 6) is -2.42. The summed E-state index contributed by atoms with van der Waals surface area (Å²) < 4.78 is 59.8. The molecule has 7 nitrogen and oxygen atoms in total. The Morgan fingerprint density at radius 3 is 2.55 bits per heavy atom. The molecule has 31 heavy (non-hydrogen) atoms. The number of ether oxygens (including phenoxy) is 1. The van der Waals surface area contributed by atoms with Crippen LogP contribution in [0.3, 0.4) is 0 Å². The van der Waals surface area contributed by atoms with Gasteiger partial charge in [0.05, 0.1) is 33.5 Å². The molecule has 0 bridgehead atoms. The van der Waals surface area contributed by atoms with Gasteiger partial charge in [-0.25, -0.2) is 22.2 Å². The first-order chi connectivity index (χ1) is 14.7. The van der Waals surface area contributed by atoms with E-state index < -0.39 is 27.6 Å². The second-order valence-electron chi connectivity index (χ2n) is 6.49. The molecule has 0 saturated carbocycles. The van der Waals surface area contributed by atoms with Crippen molar-refractivity contribution in [3.8, 4) is 0 Å². The van der Waals surface area contributed by atoms with E-state index in [0.717, 1.165) is 23.5 Å². The summed E-state index contributed by atoms with van der Waals surface area (Å²) >= 11 is 13.1. The topological polar surface area (TPSA) is 88.6 Å². The third-order valence-corrected chi connectivity index (χ3v) is 8.08. The molecule has 2 aromatic carbocycles. The van der Waals surface area contributed by atoms with Crippen LogP contribution in [0.5, 0.6) is 0 Å². The van der Waals surface area contributed by atoms with E-state index in [0.29, 0.717) is 6.07 Å². The molecule has 1 N–H and O–H groups in total. The summed E-state index contributed by atoms with van der Waals surface area (Å²) in [6, 6.07) is 4.03. The number of carbonyl (C=O) groups is 1. The lowest BCUT2D eigenvalue weighted by molar-refractivity contribution is 0.0730. The summed E-state index contributed by atoms with van der Waals surface area (Å²) in [6.45, 7) is 0.784. The first kappa shape index (κ1) is 22.3. The Balaban J connectivity index is 1.67. The van der Waals surface area contributed by atoms with Crippen LogP contribution in [0.25, 0.3) is 10.2 Å². The average Bonchev–Trinajstić information content (AvgIpc) is 3.11. The summed E-state index contributed by atoms with van der Waals surface area (Å²) in [5, 5.41) is 2.21. The van der Waals surface area contributed by atoms with Gasteiger partial charge in [-0.2, -0.15) is 4.31 Å². The van der Waals surface area contributed by atoms with Gasteiger partial charge in [0.25, 0.3) is 5.91 Å². The van der Waals surface area contributed by atoms with E-state index in [1.807, 2.05) is 0 Å². The lowest BCUT2D eigenvalue weighted by atomic mass is 10.2. The maximum atomic E-state index is 13.9. The molecule has 1 saturated heterocycles. The second kappa shape index (κ2) is 8.57. The maximum Gasteiger partial charge on any atom is 0.259 e. The van der Waals surface area contributed by atoms with Gasteiger partial charge in [0.15, 0.2) is 10.9 Å². The molecule has 164 valence electrons. The molecule has 1 aliphatic heterocycles. The van der Waals surface area contributed by atoms with Gasteiger partial charge in [0.2, 0.25) is 10.0 Å². The Kier molecular flexibility index (Phi) is 6.16. The minimum Gasteiger partial charge on any atom is -0.379 e. The van der Waals surface area contributed by atoms with E-state index in [4.69, 9.17) is 27.9 Å². The molecule has 1 fully saturated rings. The van der Waals surface area contributed by atoms with Crippen LogP contribution < -0.4 is 5.32 Å². The number of fused-ring (bicyclic) bond motifs is 1. The number of hydrogen-bond acceptors (Lipinski definition) is 6. The SMILES string of the molecule is O=C(Nc1nc2c(F)cc(F)cc2s1)c1cc(S(=O)(=O)N2CCOCC2)c(Cl)cc1Cl. The number of hydrogen-bond donors (Lipinski definition) is 1. The molecule has 0 radical (unpaired) electrons. The normalized spacial score (nSPS) is 15.4. The van der Waals surface area contributed by atoms with Crippen molar-refractivity contribution < 1.29 is 26.7 Å². The quantitative estimate of drug-likeness (QED) is 0.572. The third-order valence-electron chi connectivity index (χ3n) is 4.49. The molecule has 1 aliphatic rings. The minimum absolute atomic E-state index is 0.00639. The number of nitrogens with one attached hydrogen (secondary N) is 1. The van der Waals surface area contributed by atoms with Crippen LogP contribution in [0.4, 0.5) is 13.9 Å². The molecule has 1 aromatic heterocycles. The number of carbonyl (C=O) groups excluding carboxylic acids is 1. The second-order valence-corrected chi connectivity index (χ2v) is 10.2. The standard InChI is InChI=1S/C18H13Cl2F2N3O4S2/c19-11-8-12(20)15(31(27,28)25-1-3-29-4-2-25)7-10(11)17(26)24-18-23-16-13(22)5-9(21)6-14(16)30-18/h5-8H,1-4H2,(H,23,24,26).